The molecule has 2 atom stereocenters. The third-order valence-electron chi connectivity index (χ3n) is 5.12. The molecule has 0 aliphatic carbocycles. The van der Waals surface area contributed by atoms with Crippen LogP contribution in [0.3, 0.4) is 0 Å². The van der Waals surface area contributed by atoms with Crippen LogP contribution in [0.2, 0.25) is 5.02 Å². The maximum atomic E-state index is 14.0. The average molecular weight is 441 g/mol. The highest BCUT2D eigenvalue weighted by Crippen LogP contribution is 2.33. The second kappa shape index (κ2) is 7.24. The Bertz CT molecular complexity index is 1250. The Labute approximate surface area is 180 Å². The lowest BCUT2D eigenvalue weighted by Gasteiger charge is -2.19. The molecule has 2 aliphatic heterocycles. The summed E-state index contributed by atoms with van der Waals surface area (Å²) in [4.78, 5) is 31.0. The minimum absolute atomic E-state index is 0.0205. The minimum atomic E-state index is -1.01. The number of hydrogen-bond donors (Lipinski definition) is 0. The molecule has 31 heavy (non-hydrogen) atoms. The van der Waals surface area contributed by atoms with Crippen molar-refractivity contribution in [2.45, 2.75) is 25.6 Å². The SMILES string of the molecule is Cc1ccc(N2C(=O)C3N=NN(Cc4nc(-c5cccc(Cl)c5)no4)C3C2=O)cc1F. The van der Waals surface area contributed by atoms with Crippen molar-refractivity contribution in [1.82, 2.24) is 15.1 Å². The van der Waals surface area contributed by atoms with Gasteiger partial charge >= 0.3 is 0 Å². The Morgan fingerprint density at radius 2 is 2.00 bits per heavy atom. The van der Waals surface area contributed by atoms with Crippen molar-refractivity contribution in [3.63, 3.8) is 0 Å². The van der Waals surface area contributed by atoms with Crippen LogP contribution in [0.15, 0.2) is 57.3 Å². The van der Waals surface area contributed by atoms with Crippen LogP contribution in [0.1, 0.15) is 11.5 Å². The molecule has 0 radical (unpaired) electrons. The van der Waals surface area contributed by atoms with Gasteiger partial charge in [0.25, 0.3) is 11.8 Å². The molecule has 0 saturated carbocycles. The first-order valence-electron chi connectivity index (χ1n) is 9.32. The zero-order valence-corrected chi connectivity index (χ0v) is 16.8. The van der Waals surface area contributed by atoms with E-state index >= 15 is 0 Å². The number of rotatable bonds is 4. The minimum Gasteiger partial charge on any atom is -0.337 e. The van der Waals surface area contributed by atoms with Crippen LogP contribution in [0.4, 0.5) is 10.1 Å². The maximum absolute atomic E-state index is 14.0. The van der Waals surface area contributed by atoms with Gasteiger partial charge in [0.05, 0.1) is 5.69 Å². The average Bonchev–Trinajstić information content (AvgIpc) is 3.43. The van der Waals surface area contributed by atoms with Crippen molar-refractivity contribution < 1.29 is 18.5 Å². The van der Waals surface area contributed by atoms with Gasteiger partial charge in [-0.25, -0.2) is 9.29 Å². The van der Waals surface area contributed by atoms with Gasteiger partial charge in [0, 0.05) is 10.6 Å². The lowest BCUT2D eigenvalue weighted by Crippen LogP contribution is -2.39. The molecule has 11 heteroatoms. The van der Waals surface area contributed by atoms with E-state index in [-0.39, 0.29) is 18.1 Å². The molecule has 9 nitrogen and oxygen atoms in total. The standard InChI is InChI=1S/C20H14ClFN6O3/c1-10-5-6-13(8-14(10)22)28-19(29)16-17(20(28)30)27(26-24-16)9-15-23-18(25-31-15)11-3-2-4-12(21)7-11/h2-8,16-17H,9H2,1H3. The van der Waals surface area contributed by atoms with Crippen molar-refractivity contribution in [1.29, 1.82) is 0 Å². The Balaban J connectivity index is 1.37. The Morgan fingerprint density at radius 3 is 2.77 bits per heavy atom. The normalized spacial score (nSPS) is 20.1. The molecule has 0 N–H and O–H groups in total. The van der Waals surface area contributed by atoms with E-state index in [9.17, 15) is 14.0 Å². The summed E-state index contributed by atoms with van der Waals surface area (Å²) in [5.41, 5.74) is 1.24. The second-order valence-electron chi connectivity index (χ2n) is 7.16. The lowest BCUT2D eigenvalue weighted by molar-refractivity contribution is -0.123. The summed E-state index contributed by atoms with van der Waals surface area (Å²) >= 11 is 5.99. The molecular weight excluding hydrogens is 427 g/mol. The van der Waals surface area contributed by atoms with Crippen LogP contribution < -0.4 is 4.90 Å². The number of anilines is 1. The molecule has 156 valence electrons. The highest BCUT2D eigenvalue weighted by atomic mass is 35.5. The van der Waals surface area contributed by atoms with Gasteiger partial charge in [-0.05, 0) is 36.8 Å². The number of amides is 2. The molecule has 5 rings (SSSR count). The molecular formula is C20H14ClFN6O3. The third kappa shape index (κ3) is 3.25. The quantitative estimate of drug-likeness (QED) is 0.576. The van der Waals surface area contributed by atoms with Gasteiger partial charge in [-0.3, -0.25) is 14.6 Å². The molecule has 0 bridgehead atoms. The Hall–Kier alpha value is -3.66. The van der Waals surface area contributed by atoms with Crippen LogP contribution in [-0.4, -0.2) is 39.0 Å². The van der Waals surface area contributed by atoms with Crippen molar-refractivity contribution in [2.24, 2.45) is 10.3 Å². The van der Waals surface area contributed by atoms with Gasteiger partial charge in [0.2, 0.25) is 11.7 Å². The molecule has 2 aromatic carbocycles. The van der Waals surface area contributed by atoms with E-state index in [0.29, 0.717) is 22.0 Å². The summed E-state index contributed by atoms with van der Waals surface area (Å²) < 4.78 is 19.2. The van der Waals surface area contributed by atoms with Gasteiger partial charge in [-0.2, -0.15) is 10.1 Å². The van der Waals surface area contributed by atoms with Gasteiger partial charge in [-0.1, -0.05) is 40.2 Å². The molecule has 1 aromatic heterocycles. The zero-order chi connectivity index (χ0) is 21.7. The largest absolute Gasteiger partial charge is 0.337 e. The van der Waals surface area contributed by atoms with E-state index < -0.39 is 29.7 Å². The molecule has 1 saturated heterocycles. The first-order chi connectivity index (χ1) is 14.9. The molecule has 3 heterocycles. The lowest BCUT2D eigenvalue weighted by atomic mass is 10.1. The van der Waals surface area contributed by atoms with Gasteiger partial charge in [0.15, 0.2) is 12.1 Å². The summed E-state index contributed by atoms with van der Waals surface area (Å²) in [5.74, 6) is -1.09. The number of nitrogens with zero attached hydrogens (tertiary/aromatic N) is 6. The third-order valence-corrected chi connectivity index (χ3v) is 5.35. The first kappa shape index (κ1) is 19.3. The van der Waals surface area contributed by atoms with Crippen molar-refractivity contribution in [2.75, 3.05) is 4.90 Å². The Morgan fingerprint density at radius 1 is 1.16 bits per heavy atom. The fraction of sp³-hybridized carbons (Fsp3) is 0.200. The van der Waals surface area contributed by atoms with Crippen molar-refractivity contribution in [3.8, 4) is 11.4 Å². The van der Waals surface area contributed by atoms with Crippen LogP contribution >= 0.6 is 11.6 Å². The molecule has 2 unspecified atom stereocenters. The molecule has 2 aliphatic rings. The van der Waals surface area contributed by atoms with E-state index in [2.05, 4.69) is 20.5 Å². The molecule has 0 spiro atoms. The number of halogens is 2. The van der Waals surface area contributed by atoms with Gasteiger partial charge in [-0.15, -0.1) is 0 Å². The van der Waals surface area contributed by atoms with E-state index in [0.717, 1.165) is 11.0 Å². The monoisotopic (exact) mass is 440 g/mol. The predicted octanol–water partition coefficient (Wildman–Crippen LogP) is 3.33. The molecule has 1 fully saturated rings. The fourth-order valence-electron chi connectivity index (χ4n) is 3.53. The molecule has 3 aromatic rings. The number of aromatic nitrogens is 2. The van der Waals surface area contributed by atoms with Crippen LogP contribution in [0.5, 0.6) is 0 Å². The zero-order valence-electron chi connectivity index (χ0n) is 16.1. The predicted molar refractivity (Wildman–Crippen MR) is 106 cm³/mol. The number of aryl methyl sites for hydroxylation is 1. The van der Waals surface area contributed by atoms with E-state index in [4.69, 9.17) is 16.1 Å². The summed E-state index contributed by atoms with van der Waals surface area (Å²) in [6.07, 6.45) is 0. The number of benzene rings is 2. The topological polar surface area (TPSA) is 104 Å². The van der Waals surface area contributed by atoms with E-state index in [1.165, 1.54) is 17.1 Å². The van der Waals surface area contributed by atoms with Crippen molar-refractivity contribution in [3.05, 3.63) is 64.8 Å². The van der Waals surface area contributed by atoms with Crippen LogP contribution in [-0.2, 0) is 16.1 Å². The second-order valence-corrected chi connectivity index (χ2v) is 7.60. The first-order valence-corrected chi connectivity index (χ1v) is 9.70. The van der Waals surface area contributed by atoms with Crippen LogP contribution in [0.25, 0.3) is 11.4 Å². The number of fused-ring (bicyclic) bond motifs is 1. The maximum Gasteiger partial charge on any atom is 0.263 e. The van der Waals surface area contributed by atoms with Gasteiger partial charge in [0.1, 0.15) is 12.4 Å². The summed E-state index contributed by atoms with van der Waals surface area (Å²) in [5, 5.41) is 13.7. The van der Waals surface area contributed by atoms with Gasteiger partial charge < -0.3 is 4.52 Å². The number of carbonyl (C=O) groups excluding carboxylic acids is 2. The Kier molecular flexibility index (Phi) is 4.51. The van der Waals surface area contributed by atoms with Crippen LogP contribution in [0, 0.1) is 12.7 Å². The number of hydrogen-bond acceptors (Lipinski definition) is 8. The molecule has 2 amide bonds. The van der Waals surface area contributed by atoms with E-state index in [1.54, 1.807) is 31.2 Å². The summed E-state index contributed by atoms with van der Waals surface area (Å²) in [6, 6.07) is 9.18. The highest BCUT2D eigenvalue weighted by Gasteiger charge is 2.55. The number of carbonyl (C=O) groups is 2. The summed E-state index contributed by atoms with van der Waals surface area (Å²) in [7, 11) is 0. The van der Waals surface area contributed by atoms with Crippen molar-refractivity contribution >= 4 is 29.1 Å². The fourth-order valence-corrected chi connectivity index (χ4v) is 3.72. The number of imide groups is 1. The summed E-state index contributed by atoms with van der Waals surface area (Å²) in [6.45, 7) is 1.58. The smallest absolute Gasteiger partial charge is 0.263 e. The van der Waals surface area contributed by atoms with E-state index in [1.807, 2.05) is 0 Å². The highest BCUT2D eigenvalue weighted by molar-refractivity contribution is 6.30.